The average Bonchev–Trinajstić information content (AvgIpc) is 2.61. The van der Waals surface area contributed by atoms with E-state index in [1.807, 2.05) is 49.5 Å². The van der Waals surface area contributed by atoms with Crippen LogP contribution in [0.2, 0.25) is 0 Å². The Morgan fingerprint density at radius 3 is 1.96 bits per heavy atom. The van der Waals surface area contributed by atoms with Gasteiger partial charge in [-0.05, 0) is 47.9 Å². The van der Waals surface area contributed by atoms with Crippen molar-refractivity contribution in [2.45, 2.75) is 6.92 Å². The third-order valence-electron chi connectivity index (χ3n) is 3.53. The summed E-state index contributed by atoms with van der Waals surface area (Å²) in [7, 11) is 0. The van der Waals surface area contributed by atoms with Crippen LogP contribution in [0.4, 0.5) is 5.69 Å². The van der Waals surface area contributed by atoms with Gasteiger partial charge in [0.05, 0.1) is 16.3 Å². The molecule has 5 heteroatoms. The summed E-state index contributed by atoms with van der Waals surface area (Å²) in [4.78, 5) is 19.0. The highest BCUT2D eigenvalue weighted by Gasteiger charge is 2.02. The summed E-state index contributed by atoms with van der Waals surface area (Å²) in [5.41, 5.74) is 4.70. The standard InChI is InChI=1S/C19H15N3O2/c1-14-2-10-18(20-12-14)19-11-7-16(13-21-19)4-3-15-5-8-17(9-6-15)22(23)24/h2-13H,1H3/b4-3+. The van der Waals surface area contributed by atoms with E-state index < -0.39 is 4.92 Å². The minimum atomic E-state index is -0.407. The second-order valence-electron chi connectivity index (χ2n) is 5.38. The van der Waals surface area contributed by atoms with E-state index in [0.717, 1.165) is 28.1 Å². The van der Waals surface area contributed by atoms with E-state index in [1.165, 1.54) is 12.1 Å². The van der Waals surface area contributed by atoms with E-state index in [0.29, 0.717) is 0 Å². The zero-order valence-corrected chi connectivity index (χ0v) is 13.1. The van der Waals surface area contributed by atoms with Gasteiger partial charge in [-0.3, -0.25) is 20.1 Å². The van der Waals surface area contributed by atoms with E-state index in [2.05, 4.69) is 9.97 Å². The number of nitro groups is 1. The Morgan fingerprint density at radius 2 is 1.42 bits per heavy atom. The molecule has 0 bridgehead atoms. The lowest BCUT2D eigenvalue weighted by Gasteiger charge is -2.01. The lowest BCUT2D eigenvalue weighted by molar-refractivity contribution is -0.384. The molecule has 3 rings (SSSR count). The Balaban J connectivity index is 1.73. The number of nitrogens with zero attached hydrogens (tertiary/aromatic N) is 3. The largest absolute Gasteiger partial charge is 0.269 e. The Hall–Kier alpha value is -3.34. The quantitative estimate of drug-likeness (QED) is 0.523. The monoisotopic (exact) mass is 317 g/mol. The molecule has 2 heterocycles. The molecule has 24 heavy (non-hydrogen) atoms. The van der Waals surface area contributed by atoms with Crippen LogP contribution in [-0.2, 0) is 0 Å². The Morgan fingerprint density at radius 1 is 0.833 bits per heavy atom. The number of aromatic nitrogens is 2. The van der Waals surface area contributed by atoms with Gasteiger partial charge in [0, 0.05) is 24.5 Å². The number of hydrogen-bond donors (Lipinski definition) is 0. The molecule has 3 aromatic rings. The van der Waals surface area contributed by atoms with Gasteiger partial charge in [0.15, 0.2) is 0 Å². The van der Waals surface area contributed by atoms with Gasteiger partial charge in [0.2, 0.25) is 0 Å². The summed E-state index contributed by atoms with van der Waals surface area (Å²) in [6.07, 6.45) is 7.41. The van der Waals surface area contributed by atoms with Crippen LogP contribution in [0.3, 0.4) is 0 Å². The van der Waals surface area contributed by atoms with Crippen molar-refractivity contribution in [2.75, 3.05) is 0 Å². The molecule has 0 unspecified atom stereocenters. The predicted octanol–water partition coefficient (Wildman–Crippen LogP) is 4.53. The highest BCUT2D eigenvalue weighted by atomic mass is 16.6. The zero-order chi connectivity index (χ0) is 16.9. The number of pyridine rings is 2. The van der Waals surface area contributed by atoms with Crippen LogP contribution in [0.15, 0.2) is 60.9 Å². The van der Waals surface area contributed by atoms with Crippen molar-refractivity contribution in [3.63, 3.8) is 0 Å². The fourth-order valence-corrected chi connectivity index (χ4v) is 2.17. The van der Waals surface area contributed by atoms with Crippen molar-refractivity contribution in [3.05, 3.63) is 87.7 Å². The van der Waals surface area contributed by atoms with E-state index in [-0.39, 0.29) is 5.69 Å². The summed E-state index contributed by atoms with van der Waals surface area (Å²) in [6.45, 7) is 2.00. The SMILES string of the molecule is Cc1ccc(-c2ccc(/C=C/c3ccc([N+](=O)[O-])cc3)cn2)nc1. The first-order chi connectivity index (χ1) is 11.6. The minimum Gasteiger partial charge on any atom is -0.258 e. The molecule has 5 nitrogen and oxygen atoms in total. The van der Waals surface area contributed by atoms with Gasteiger partial charge in [0.25, 0.3) is 5.69 Å². The molecule has 0 spiro atoms. The van der Waals surface area contributed by atoms with Crippen LogP contribution in [0.1, 0.15) is 16.7 Å². The van der Waals surface area contributed by atoms with Gasteiger partial charge in [-0.25, -0.2) is 0 Å². The topological polar surface area (TPSA) is 68.9 Å². The average molecular weight is 317 g/mol. The van der Waals surface area contributed by atoms with Crippen LogP contribution < -0.4 is 0 Å². The molecule has 0 saturated heterocycles. The Kier molecular flexibility index (Phi) is 4.43. The number of aryl methyl sites for hydroxylation is 1. The second kappa shape index (κ2) is 6.83. The smallest absolute Gasteiger partial charge is 0.258 e. The number of benzene rings is 1. The first-order valence-electron chi connectivity index (χ1n) is 7.43. The van der Waals surface area contributed by atoms with Gasteiger partial charge >= 0.3 is 0 Å². The third kappa shape index (κ3) is 3.70. The van der Waals surface area contributed by atoms with Crippen molar-refractivity contribution < 1.29 is 4.92 Å². The van der Waals surface area contributed by atoms with Crippen molar-refractivity contribution in [1.29, 1.82) is 0 Å². The predicted molar refractivity (Wildman–Crippen MR) is 94.2 cm³/mol. The first-order valence-corrected chi connectivity index (χ1v) is 7.43. The first kappa shape index (κ1) is 15.6. The van der Waals surface area contributed by atoms with Gasteiger partial charge in [-0.2, -0.15) is 0 Å². The molecule has 1 aromatic carbocycles. The maximum Gasteiger partial charge on any atom is 0.269 e. The summed E-state index contributed by atoms with van der Waals surface area (Å²) in [5.74, 6) is 0. The molecule has 0 aliphatic heterocycles. The highest BCUT2D eigenvalue weighted by molar-refractivity contribution is 5.70. The Bertz CT molecular complexity index is 868. The lowest BCUT2D eigenvalue weighted by Crippen LogP contribution is -1.88. The molecule has 118 valence electrons. The number of hydrogen-bond acceptors (Lipinski definition) is 4. The van der Waals surface area contributed by atoms with E-state index in [4.69, 9.17) is 0 Å². The van der Waals surface area contributed by atoms with Crippen LogP contribution in [0.5, 0.6) is 0 Å². The lowest BCUT2D eigenvalue weighted by atomic mass is 10.1. The van der Waals surface area contributed by atoms with Gasteiger partial charge < -0.3 is 0 Å². The summed E-state index contributed by atoms with van der Waals surface area (Å²) < 4.78 is 0. The highest BCUT2D eigenvalue weighted by Crippen LogP contribution is 2.17. The van der Waals surface area contributed by atoms with Crippen molar-refractivity contribution in [1.82, 2.24) is 9.97 Å². The maximum absolute atomic E-state index is 10.6. The Labute approximate surface area is 139 Å². The molecule has 0 aliphatic rings. The summed E-state index contributed by atoms with van der Waals surface area (Å²) >= 11 is 0. The van der Waals surface area contributed by atoms with Crippen molar-refractivity contribution in [2.24, 2.45) is 0 Å². The second-order valence-corrected chi connectivity index (χ2v) is 5.38. The molecule has 0 saturated carbocycles. The summed E-state index contributed by atoms with van der Waals surface area (Å²) in [5, 5.41) is 10.6. The molecule has 0 radical (unpaired) electrons. The van der Waals surface area contributed by atoms with E-state index in [9.17, 15) is 10.1 Å². The molecular weight excluding hydrogens is 302 g/mol. The van der Waals surface area contributed by atoms with Crippen LogP contribution >= 0.6 is 0 Å². The van der Waals surface area contributed by atoms with E-state index >= 15 is 0 Å². The number of non-ortho nitro benzene ring substituents is 1. The fourth-order valence-electron chi connectivity index (χ4n) is 2.17. The molecule has 0 N–H and O–H groups in total. The third-order valence-corrected chi connectivity index (χ3v) is 3.53. The summed E-state index contributed by atoms with van der Waals surface area (Å²) in [6, 6.07) is 14.3. The van der Waals surface area contributed by atoms with Gasteiger partial charge in [0.1, 0.15) is 0 Å². The van der Waals surface area contributed by atoms with Gasteiger partial charge in [-0.1, -0.05) is 24.3 Å². The maximum atomic E-state index is 10.6. The molecule has 2 aromatic heterocycles. The van der Waals surface area contributed by atoms with Crippen molar-refractivity contribution in [3.8, 4) is 11.4 Å². The van der Waals surface area contributed by atoms with Crippen molar-refractivity contribution >= 4 is 17.8 Å². The van der Waals surface area contributed by atoms with Crippen LogP contribution in [0, 0.1) is 17.0 Å². The number of rotatable bonds is 4. The van der Waals surface area contributed by atoms with Crippen LogP contribution in [-0.4, -0.2) is 14.9 Å². The molecule has 0 aliphatic carbocycles. The fraction of sp³-hybridized carbons (Fsp3) is 0.0526. The van der Waals surface area contributed by atoms with Gasteiger partial charge in [-0.15, -0.1) is 0 Å². The molecule has 0 amide bonds. The molecule has 0 atom stereocenters. The van der Waals surface area contributed by atoms with Crippen LogP contribution in [0.25, 0.3) is 23.5 Å². The minimum absolute atomic E-state index is 0.0868. The normalized spacial score (nSPS) is 10.9. The van der Waals surface area contributed by atoms with E-state index in [1.54, 1.807) is 18.3 Å². The zero-order valence-electron chi connectivity index (χ0n) is 13.1. The number of nitro benzene ring substituents is 1. The molecular formula is C19H15N3O2. The molecule has 0 fully saturated rings.